The zero-order valence-electron chi connectivity index (χ0n) is 15.7. The first kappa shape index (κ1) is 20.5. The van der Waals surface area contributed by atoms with Gasteiger partial charge in [-0.3, -0.25) is 9.69 Å². The number of rotatable bonds is 6. The molecule has 3 rings (SSSR count). The first-order valence-electron chi connectivity index (χ1n) is 8.62. The van der Waals surface area contributed by atoms with E-state index in [1.807, 2.05) is 13.0 Å². The van der Waals surface area contributed by atoms with Crippen LogP contribution in [0.15, 0.2) is 47.1 Å². The van der Waals surface area contributed by atoms with Gasteiger partial charge in [-0.2, -0.15) is 18.2 Å². The van der Waals surface area contributed by atoms with Gasteiger partial charge in [-0.1, -0.05) is 17.3 Å². The second-order valence-corrected chi connectivity index (χ2v) is 6.53. The van der Waals surface area contributed by atoms with Crippen molar-refractivity contribution in [1.29, 1.82) is 0 Å². The van der Waals surface area contributed by atoms with Gasteiger partial charge >= 0.3 is 6.18 Å². The molecular weight excluding hydrogens is 387 g/mol. The molecule has 0 bridgehead atoms. The molecule has 1 amide bonds. The standard InChI is InChI=1S/C19H18F3N5O2/c1-12-7-8-23-15(9-12)24-16(28)10-27(2)11-17-25-18(26-29-17)13-3-5-14(6-4-13)19(20,21)22/h3-9H,10-11H2,1-2H3,(H,23,24,28). The Bertz CT molecular complexity index is 986. The number of halogens is 3. The van der Waals surface area contributed by atoms with E-state index in [0.29, 0.717) is 11.4 Å². The summed E-state index contributed by atoms with van der Waals surface area (Å²) in [7, 11) is 1.70. The first-order valence-corrected chi connectivity index (χ1v) is 8.62. The van der Waals surface area contributed by atoms with E-state index in [4.69, 9.17) is 4.52 Å². The van der Waals surface area contributed by atoms with E-state index in [0.717, 1.165) is 17.7 Å². The molecule has 0 saturated carbocycles. The quantitative estimate of drug-likeness (QED) is 0.676. The molecule has 0 saturated heterocycles. The van der Waals surface area contributed by atoms with Crippen molar-refractivity contribution in [3.8, 4) is 11.4 Å². The summed E-state index contributed by atoms with van der Waals surface area (Å²) in [6.45, 7) is 2.16. The van der Waals surface area contributed by atoms with Crippen molar-refractivity contribution >= 4 is 11.7 Å². The lowest BCUT2D eigenvalue weighted by atomic mass is 10.1. The van der Waals surface area contributed by atoms with Crippen LogP contribution in [-0.4, -0.2) is 39.5 Å². The largest absolute Gasteiger partial charge is 0.416 e. The average molecular weight is 405 g/mol. The fraction of sp³-hybridized carbons (Fsp3) is 0.263. The molecule has 0 radical (unpaired) electrons. The molecule has 1 aromatic carbocycles. The van der Waals surface area contributed by atoms with Crippen LogP contribution in [0, 0.1) is 6.92 Å². The highest BCUT2D eigenvalue weighted by atomic mass is 19.4. The number of aryl methyl sites for hydroxylation is 1. The summed E-state index contributed by atoms with van der Waals surface area (Å²) >= 11 is 0. The molecule has 152 valence electrons. The molecule has 7 nitrogen and oxygen atoms in total. The Kier molecular flexibility index (Phi) is 5.92. The lowest BCUT2D eigenvalue weighted by Crippen LogP contribution is -2.30. The van der Waals surface area contributed by atoms with Crippen LogP contribution in [-0.2, 0) is 17.5 Å². The van der Waals surface area contributed by atoms with Gasteiger partial charge in [0.2, 0.25) is 17.6 Å². The monoisotopic (exact) mass is 405 g/mol. The number of hydrogen-bond donors (Lipinski definition) is 1. The number of nitrogens with zero attached hydrogens (tertiary/aromatic N) is 4. The highest BCUT2D eigenvalue weighted by Crippen LogP contribution is 2.30. The number of aromatic nitrogens is 3. The lowest BCUT2D eigenvalue weighted by Gasteiger charge is -2.13. The Morgan fingerprint density at radius 2 is 1.93 bits per heavy atom. The molecule has 29 heavy (non-hydrogen) atoms. The third-order valence-electron chi connectivity index (χ3n) is 3.94. The van der Waals surface area contributed by atoms with Gasteiger partial charge in [-0.25, -0.2) is 4.98 Å². The van der Waals surface area contributed by atoms with Crippen LogP contribution in [0.2, 0.25) is 0 Å². The maximum atomic E-state index is 12.6. The molecule has 3 aromatic rings. The molecule has 0 aliphatic carbocycles. The zero-order chi connectivity index (χ0) is 21.0. The summed E-state index contributed by atoms with van der Waals surface area (Å²) in [5, 5.41) is 6.48. The van der Waals surface area contributed by atoms with Gasteiger partial charge in [0.25, 0.3) is 0 Å². The molecule has 0 fully saturated rings. The number of pyridine rings is 1. The first-order chi connectivity index (χ1) is 13.7. The topological polar surface area (TPSA) is 84.2 Å². The number of likely N-dealkylation sites (N-methyl/N-ethyl adjacent to an activating group) is 1. The summed E-state index contributed by atoms with van der Waals surface area (Å²) in [6.07, 6.45) is -2.80. The lowest BCUT2D eigenvalue weighted by molar-refractivity contribution is -0.137. The average Bonchev–Trinajstić information content (AvgIpc) is 3.09. The van der Waals surface area contributed by atoms with Crippen LogP contribution in [0.3, 0.4) is 0 Å². The van der Waals surface area contributed by atoms with Crippen LogP contribution in [0.1, 0.15) is 17.0 Å². The predicted octanol–water partition coefficient (Wildman–Crippen LogP) is 3.53. The smallest absolute Gasteiger partial charge is 0.338 e. The van der Waals surface area contributed by atoms with E-state index >= 15 is 0 Å². The van der Waals surface area contributed by atoms with Crippen molar-refractivity contribution in [3.05, 3.63) is 59.6 Å². The van der Waals surface area contributed by atoms with Crippen LogP contribution >= 0.6 is 0 Å². The third kappa shape index (κ3) is 5.61. The van der Waals surface area contributed by atoms with Gasteiger partial charge in [-0.05, 0) is 43.8 Å². The molecule has 2 aromatic heterocycles. The number of carbonyl (C=O) groups is 1. The number of amides is 1. The Balaban J connectivity index is 1.57. The molecular formula is C19H18F3N5O2. The third-order valence-corrected chi connectivity index (χ3v) is 3.94. The maximum absolute atomic E-state index is 12.6. The van der Waals surface area contributed by atoms with E-state index in [1.54, 1.807) is 24.2 Å². The summed E-state index contributed by atoms with van der Waals surface area (Å²) in [5.41, 5.74) is 0.628. The van der Waals surface area contributed by atoms with Gasteiger partial charge in [-0.15, -0.1) is 0 Å². The van der Waals surface area contributed by atoms with Crippen molar-refractivity contribution < 1.29 is 22.5 Å². The summed E-state index contributed by atoms with van der Waals surface area (Å²) in [4.78, 5) is 22.0. The zero-order valence-corrected chi connectivity index (χ0v) is 15.7. The van der Waals surface area contributed by atoms with E-state index in [-0.39, 0.29) is 30.7 Å². The molecule has 1 N–H and O–H groups in total. The van der Waals surface area contributed by atoms with E-state index in [9.17, 15) is 18.0 Å². The predicted molar refractivity (Wildman–Crippen MR) is 98.7 cm³/mol. The van der Waals surface area contributed by atoms with Crippen LogP contribution < -0.4 is 5.32 Å². The molecule has 0 aliphatic rings. The van der Waals surface area contributed by atoms with Gasteiger partial charge in [0.05, 0.1) is 18.7 Å². The SMILES string of the molecule is Cc1ccnc(NC(=O)CN(C)Cc2nc(-c3ccc(C(F)(F)F)cc3)no2)c1. The van der Waals surface area contributed by atoms with E-state index in [1.165, 1.54) is 12.1 Å². The summed E-state index contributed by atoms with van der Waals surface area (Å²) in [5.74, 6) is 0.623. The normalized spacial score (nSPS) is 11.7. The van der Waals surface area contributed by atoms with Crippen molar-refractivity contribution in [2.75, 3.05) is 18.9 Å². The number of nitrogens with one attached hydrogen (secondary N) is 1. The van der Waals surface area contributed by atoms with Crippen LogP contribution in [0.25, 0.3) is 11.4 Å². The number of anilines is 1. The Morgan fingerprint density at radius 1 is 1.21 bits per heavy atom. The molecule has 0 atom stereocenters. The minimum Gasteiger partial charge on any atom is -0.338 e. The van der Waals surface area contributed by atoms with Crippen molar-refractivity contribution in [1.82, 2.24) is 20.0 Å². The van der Waals surface area contributed by atoms with Crippen molar-refractivity contribution in [2.45, 2.75) is 19.6 Å². The Hall–Kier alpha value is -3.27. The van der Waals surface area contributed by atoms with Gasteiger partial charge in [0.15, 0.2) is 0 Å². The number of hydrogen-bond acceptors (Lipinski definition) is 6. The number of benzene rings is 1. The van der Waals surface area contributed by atoms with Gasteiger partial charge in [0, 0.05) is 11.8 Å². The Morgan fingerprint density at radius 3 is 2.59 bits per heavy atom. The van der Waals surface area contributed by atoms with Crippen LogP contribution in [0.5, 0.6) is 0 Å². The minimum absolute atomic E-state index is 0.0631. The fourth-order valence-electron chi connectivity index (χ4n) is 2.56. The molecule has 0 unspecified atom stereocenters. The number of alkyl halides is 3. The van der Waals surface area contributed by atoms with Crippen LogP contribution in [0.4, 0.5) is 19.0 Å². The minimum atomic E-state index is -4.40. The second-order valence-electron chi connectivity index (χ2n) is 6.53. The molecule has 10 heteroatoms. The van der Waals surface area contributed by atoms with E-state index < -0.39 is 11.7 Å². The van der Waals surface area contributed by atoms with Crippen molar-refractivity contribution in [3.63, 3.8) is 0 Å². The number of carbonyl (C=O) groups excluding carboxylic acids is 1. The highest BCUT2D eigenvalue weighted by Gasteiger charge is 2.30. The molecule has 2 heterocycles. The fourth-order valence-corrected chi connectivity index (χ4v) is 2.56. The second kappa shape index (κ2) is 8.39. The highest BCUT2D eigenvalue weighted by molar-refractivity contribution is 5.91. The molecule has 0 aliphatic heterocycles. The van der Waals surface area contributed by atoms with E-state index in [2.05, 4.69) is 20.4 Å². The molecule has 0 spiro atoms. The maximum Gasteiger partial charge on any atom is 0.416 e. The van der Waals surface area contributed by atoms with Crippen molar-refractivity contribution in [2.24, 2.45) is 0 Å². The summed E-state index contributed by atoms with van der Waals surface area (Å²) in [6, 6.07) is 8.06. The Labute approximate surface area is 164 Å². The van der Waals surface area contributed by atoms with Gasteiger partial charge < -0.3 is 9.84 Å². The summed E-state index contributed by atoms with van der Waals surface area (Å²) < 4.78 is 43.1. The van der Waals surface area contributed by atoms with Gasteiger partial charge in [0.1, 0.15) is 5.82 Å².